The first kappa shape index (κ1) is 19.4. The molecular weight excluding hydrogens is 371 g/mol. The lowest BCUT2D eigenvalue weighted by Gasteiger charge is -2.20. The average Bonchev–Trinajstić information content (AvgIpc) is 3.02. The molecule has 1 saturated carbocycles. The van der Waals surface area contributed by atoms with Crippen LogP contribution in [0.25, 0.3) is 11.2 Å². The molecule has 0 bridgehead atoms. The Hall–Kier alpha value is -2.96. The molecule has 0 saturated heterocycles. The highest BCUT2D eigenvalue weighted by Crippen LogP contribution is 2.23. The minimum Gasteiger partial charge on any atom is -0.354 e. The Morgan fingerprint density at radius 3 is 2.62 bits per heavy atom. The largest absolute Gasteiger partial charge is 0.354 e. The lowest BCUT2D eigenvalue weighted by Crippen LogP contribution is -2.36. The van der Waals surface area contributed by atoms with Crippen molar-refractivity contribution < 1.29 is 9.18 Å². The van der Waals surface area contributed by atoms with Gasteiger partial charge in [0.25, 0.3) is 0 Å². The molecule has 7 heteroatoms. The van der Waals surface area contributed by atoms with E-state index in [4.69, 9.17) is 0 Å². The van der Waals surface area contributed by atoms with E-state index in [1.165, 1.54) is 18.6 Å². The second-order valence-electron chi connectivity index (χ2n) is 7.62. The van der Waals surface area contributed by atoms with Crippen molar-refractivity contribution in [3.63, 3.8) is 0 Å². The molecule has 0 spiro atoms. The van der Waals surface area contributed by atoms with Crippen molar-refractivity contribution in [2.45, 2.75) is 45.2 Å². The van der Waals surface area contributed by atoms with Crippen molar-refractivity contribution in [2.24, 2.45) is 5.92 Å². The summed E-state index contributed by atoms with van der Waals surface area (Å²) in [5.41, 5.74) is 1.96. The van der Waals surface area contributed by atoms with E-state index in [0.29, 0.717) is 25.3 Å². The zero-order chi connectivity index (χ0) is 20.2. The molecule has 0 aliphatic heterocycles. The smallest absolute Gasteiger partial charge is 0.330 e. The third-order valence-electron chi connectivity index (χ3n) is 5.64. The Bertz CT molecular complexity index is 1050. The molecule has 3 aromatic rings. The van der Waals surface area contributed by atoms with Gasteiger partial charge < -0.3 is 5.32 Å². The van der Waals surface area contributed by atoms with E-state index in [1.54, 1.807) is 33.5 Å². The average molecular weight is 396 g/mol. The minimum atomic E-state index is -0.307. The number of pyridine rings is 1. The fraction of sp³-hybridized carbons (Fsp3) is 0.409. The number of nitrogens with one attached hydrogen (secondary N) is 1. The Balaban J connectivity index is 1.52. The Kier molecular flexibility index (Phi) is 5.74. The highest BCUT2D eigenvalue weighted by molar-refractivity contribution is 5.78. The number of benzene rings is 1. The van der Waals surface area contributed by atoms with Gasteiger partial charge in [-0.05, 0) is 42.7 Å². The number of hydrogen-bond acceptors (Lipinski definition) is 3. The molecule has 0 unspecified atom stereocenters. The zero-order valence-corrected chi connectivity index (χ0v) is 16.3. The van der Waals surface area contributed by atoms with Crippen LogP contribution in [0.4, 0.5) is 4.39 Å². The SMILES string of the molecule is O=C(NCCn1c(=O)n(Cc2ccc(F)cc2)c2cccnc21)C1CCCCC1. The predicted molar refractivity (Wildman–Crippen MR) is 109 cm³/mol. The van der Waals surface area contributed by atoms with Crippen LogP contribution in [0.1, 0.15) is 37.7 Å². The van der Waals surface area contributed by atoms with E-state index >= 15 is 0 Å². The number of hydrogen-bond donors (Lipinski definition) is 1. The van der Waals surface area contributed by atoms with Crippen LogP contribution in [-0.4, -0.2) is 26.6 Å². The third-order valence-corrected chi connectivity index (χ3v) is 5.64. The van der Waals surface area contributed by atoms with Crippen LogP contribution < -0.4 is 11.0 Å². The predicted octanol–water partition coefficient (Wildman–Crippen LogP) is 3.08. The summed E-state index contributed by atoms with van der Waals surface area (Å²) in [6.07, 6.45) is 6.98. The van der Waals surface area contributed by atoms with Gasteiger partial charge in [0.15, 0.2) is 5.65 Å². The van der Waals surface area contributed by atoms with E-state index in [-0.39, 0.29) is 23.3 Å². The fourth-order valence-electron chi connectivity index (χ4n) is 4.07. The molecule has 1 N–H and O–H groups in total. The molecule has 2 heterocycles. The van der Waals surface area contributed by atoms with Gasteiger partial charge in [0.1, 0.15) is 5.82 Å². The highest BCUT2D eigenvalue weighted by Gasteiger charge is 2.21. The van der Waals surface area contributed by atoms with E-state index in [9.17, 15) is 14.0 Å². The summed E-state index contributed by atoms with van der Waals surface area (Å²) in [7, 11) is 0. The van der Waals surface area contributed by atoms with Crippen molar-refractivity contribution in [1.82, 2.24) is 19.4 Å². The second kappa shape index (κ2) is 8.59. The van der Waals surface area contributed by atoms with Gasteiger partial charge in [-0.15, -0.1) is 0 Å². The van der Waals surface area contributed by atoms with Gasteiger partial charge in [0.05, 0.1) is 12.1 Å². The maximum absolute atomic E-state index is 13.2. The van der Waals surface area contributed by atoms with Crippen LogP contribution in [0.5, 0.6) is 0 Å². The summed E-state index contributed by atoms with van der Waals surface area (Å²) in [5.74, 6) is -0.127. The third kappa shape index (κ3) is 4.23. The van der Waals surface area contributed by atoms with Gasteiger partial charge in [0.2, 0.25) is 5.91 Å². The van der Waals surface area contributed by atoms with E-state index in [2.05, 4.69) is 10.3 Å². The quantitative estimate of drug-likeness (QED) is 0.696. The standard InChI is InChI=1S/C22H25FN4O2/c23-18-10-8-16(9-11-18)15-27-19-7-4-12-24-20(19)26(22(27)29)14-13-25-21(28)17-5-2-1-3-6-17/h4,7-12,17H,1-3,5-6,13-15H2,(H,25,28). The molecule has 1 aromatic carbocycles. The number of amides is 1. The first-order valence-corrected chi connectivity index (χ1v) is 10.2. The first-order chi connectivity index (χ1) is 14.1. The van der Waals surface area contributed by atoms with Gasteiger partial charge in [-0.3, -0.25) is 13.9 Å². The molecule has 1 amide bonds. The van der Waals surface area contributed by atoms with Crippen LogP contribution in [0.2, 0.25) is 0 Å². The number of carbonyl (C=O) groups excluding carboxylic acids is 1. The minimum absolute atomic E-state index is 0.0840. The highest BCUT2D eigenvalue weighted by atomic mass is 19.1. The van der Waals surface area contributed by atoms with Crippen LogP contribution in [0.15, 0.2) is 47.4 Å². The van der Waals surface area contributed by atoms with E-state index < -0.39 is 0 Å². The molecule has 4 rings (SSSR count). The van der Waals surface area contributed by atoms with Crippen molar-refractivity contribution in [3.8, 4) is 0 Å². The maximum atomic E-state index is 13.2. The Morgan fingerprint density at radius 1 is 1.10 bits per heavy atom. The van der Waals surface area contributed by atoms with Crippen molar-refractivity contribution >= 4 is 17.1 Å². The number of aromatic nitrogens is 3. The lowest BCUT2D eigenvalue weighted by atomic mass is 9.89. The number of nitrogens with zero attached hydrogens (tertiary/aromatic N) is 3. The monoisotopic (exact) mass is 396 g/mol. The van der Waals surface area contributed by atoms with Gasteiger partial charge in [-0.1, -0.05) is 31.4 Å². The van der Waals surface area contributed by atoms with Gasteiger partial charge in [-0.25, -0.2) is 14.2 Å². The van der Waals surface area contributed by atoms with Crippen LogP contribution in [-0.2, 0) is 17.9 Å². The second-order valence-corrected chi connectivity index (χ2v) is 7.62. The molecule has 1 aliphatic rings. The zero-order valence-electron chi connectivity index (χ0n) is 16.3. The summed E-state index contributed by atoms with van der Waals surface area (Å²) in [4.78, 5) is 29.8. The van der Waals surface area contributed by atoms with Crippen LogP contribution >= 0.6 is 0 Å². The summed E-state index contributed by atoms with van der Waals surface area (Å²) in [5, 5.41) is 2.98. The summed E-state index contributed by atoms with van der Waals surface area (Å²) < 4.78 is 16.4. The van der Waals surface area contributed by atoms with E-state index in [0.717, 1.165) is 36.8 Å². The normalized spacial score (nSPS) is 14.9. The Morgan fingerprint density at radius 2 is 1.86 bits per heavy atom. The number of halogens is 1. The van der Waals surface area contributed by atoms with E-state index in [1.807, 2.05) is 6.07 Å². The molecular formula is C22H25FN4O2. The molecule has 2 aromatic heterocycles. The number of imidazole rings is 1. The lowest BCUT2D eigenvalue weighted by molar-refractivity contribution is -0.125. The Labute approximate surface area is 168 Å². The molecule has 152 valence electrons. The molecule has 0 radical (unpaired) electrons. The molecule has 29 heavy (non-hydrogen) atoms. The van der Waals surface area contributed by atoms with Crippen LogP contribution in [0.3, 0.4) is 0 Å². The topological polar surface area (TPSA) is 68.9 Å². The van der Waals surface area contributed by atoms with Crippen molar-refractivity contribution in [1.29, 1.82) is 0 Å². The number of carbonyl (C=O) groups is 1. The van der Waals surface area contributed by atoms with Crippen molar-refractivity contribution in [3.05, 3.63) is 64.5 Å². The van der Waals surface area contributed by atoms with Gasteiger partial charge in [0, 0.05) is 25.2 Å². The van der Waals surface area contributed by atoms with Crippen molar-refractivity contribution in [2.75, 3.05) is 6.54 Å². The first-order valence-electron chi connectivity index (χ1n) is 10.2. The summed E-state index contributed by atoms with van der Waals surface area (Å²) in [6.45, 7) is 1.09. The molecule has 1 fully saturated rings. The maximum Gasteiger partial charge on any atom is 0.330 e. The fourth-order valence-corrected chi connectivity index (χ4v) is 4.07. The van der Waals surface area contributed by atoms with Gasteiger partial charge in [-0.2, -0.15) is 0 Å². The number of fused-ring (bicyclic) bond motifs is 1. The summed E-state index contributed by atoms with van der Waals surface area (Å²) >= 11 is 0. The molecule has 0 atom stereocenters. The molecule has 1 aliphatic carbocycles. The number of rotatable bonds is 6. The summed E-state index contributed by atoms with van der Waals surface area (Å²) in [6, 6.07) is 9.76. The van der Waals surface area contributed by atoms with Gasteiger partial charge >= 0.3 is 5.69 Å². The van der Waals surface area contributed by atoms with Crippen LogP contribution in [0, 0.1) is 11.7 Å². The molecule has 6 nitrogen and oxygen atoms in total.